The van der Waals surface area contributed by atoms with Gasteiger partial charge in [0, 0.05) is 25.8 Å². The van der Waals surface area contributed by atoms with E-state index in [0.29, 0.717) is 0 Å². The number of aliphatic carboxylic acids is 1. The van der Waals surface area contributed by atoms with Crippen LogP contribution in [0.4, 0.5) is 0 Å². The molecule has 0 aliphatic carbocycles. The van der Waals surface area contributed by atoms with Gasteiger partial charge in [-0.2, -0.15) is 4.31 Å². The molecule has 1 unspecified atom stereocenters. The molecule has 0 spiro atoms. The fourth-order valence-corrected chi connectivity index (χ4v) is 5.52. The molecule has 21 heavy (non-hydrogen) atoms. The molecule has 1 aliphatic rings. The summed E-state index contributed by atoms with van der Waals surface area (Å²) < 4.78 is 50.5. The van der Waals surface area contributed by atoms with Crippen LogP contribution in [0.15, 0.2) is 17.6 Å². The summed E-state index contributed by atoms with van der Waals surface area (Å²) in [6.07, 6.45) is 2.03. The lowest BCUT2D eigenvalue weighted by atomic mass is 10.2. The van der Waals surface area contributed by atoms with Crippen molar-refractivity contribution in [3.05, 3.63) is 12.5 Å². The second kappa shape index (κ2) is 5.39. The Bertz CT molecular complexity index is 752. The first-order valence-corrected chi connectivity index (χ1v) is 9.30. The molecule has 0 saturated carbocycles. The van der Waals surface area contributed by atoms with Gasteiger partial charge in [-0.3, -0.25) is 4.79 Å². The lowest BCUT2D eigenvalue weighted by Crippen LogP contribution is -2.51. The highest BCUT2D eigenvalue weighted by molar-refractivity contribution is 7.92. The molecule has 1 saturated heterocycles. The third-order valence-corrected chi connectivity index (χ3v) is 6.68. The van der Waals surface area contributed by atoms with Crippen molar-refractivity contribution in [2.24, 2.45) is 7.05 Å². The van der Waals surface area contributed by atoms with Gasteiger partial charge >= 0.3 is 5.97 Å². The molecule has 118 valence electrons. The molecule has 0 radical (unpaired) electrons. The summed E-state index contributed by atoms with van der Waals surface area (Å²) in [5, 5.41) is 8.64. The highest BCUT2D eigenvalue weighted by Crippen LogP contribution is 2.23. The minimum absolute atomic E-state index is 0.223. The van der Waals surface area contributed by atoms with Crippen molar-refractivity contribution in [1.29, 1.82) is 0 Å². The second-order valence-corrected chi connectivity index (χ2v) is 8.93. The Kier molecular flexibility index (Phi) is 4.08. The second-order valence-electron chi connectivity index (χ2n) is 4.86. The minimum atomic E-state index is -4.01. The monoisotopic (exact) mass is 337 g/mol. The van der Waals surface area contributed by atoms with Crippen LogP contribution in [0.5, 0.6) is 0 Å². The van der Waals surface area contributed by atoms with Gasteiger partial charge in [-0.05, 0) is 0 Å². The van der Waals surface area contributed by atoms with E-state index >= 15 is 0 Å². The molecule has 0 aromatic carbocycles. The number of carboxylic acids is 1. The van der Waals surface area contributed by atoms with Crippen LogP contribution in [0.2, 0.25) is 0 Å². The van der Waals surface area contributed by atoms with Gasteiger partial charge in [0.05, 0.1) is 24.3 Å². The maximum atomic E-state index is 12.5. The van der Waals surface area contributed by atoms with E-state index in [-0.39, 0.29) is 17.3 Å². The van der Waals surface area contributed by atoms with Crippen LogP contribution in [0.3, 0.4) is 0 Å². The van der Waals surface area contributed by atoms with E-state index in [1.54, 1.807) is 7.05 Å². The van der Waals surface area contributed by atoms with Crippen molar-refractivity contribution in [2.75, 3.05) is 18.1 Å². The first-order valence-electron chi connectivity index (χ1n) is 6.04. The lowest BCUT2D eigenvalue weighted by Gasteiger charge is -2.32. The van der Waals surface area contributed by atoms with Crippen molar-refractivity contribution in [1.82, 2.24) is 13.9 Å². The standard InChI is InChI=1S/C10H15N3O6S2/c1-12-5-9(11-7-12)21(18,19)13-2-3-20(16,17)6-8(13)4-10(14)15/h5,7-8H,2-4,6H2,1H3,(H,14,15). The highest BCUT2D eigenvalue weighted by Gasteiger charge is 2.40. The van der Waals surface area contributed by atoms with Gasteiger partial charge in [0.15, 0.2) is 14.9 Å². The van der Waals surface area contributed by atoms with Crippen molar-refractivity contribution in [3.8, 4) is 0 Å². The third kappa shape index (κ3) is 3.41. The van der Waals surface area contributed by atoms with E-state index in [0.717, 1.165) is 4.31 Å². The van der Waals surface area contributed by atoms with Gasteiger partial charge in [0.1, 0.15) is 0 Å². The van der Waals surface area contributed by atoms with E-state index in [1.165, 1.54) is 17.1 Å². The fraction of sp³-hybridized carbons (Fsp3) is 0.600. The van der Waals surface area contributed by atoms with Crippen LogP contribution in [-0.2, 0) is 31.7 Å². The van der Waals surface area contributed by atoms with Crippen molar-refractivity contribution in [3.63, 3.8) is 0 Å². The number of sulfone groups is 1. The number of hydrogen-bond acceptors (Lipinski definition) is 6. The van der Waals surface area contributed by atoms with Gasteiger partial charge < -0.3 is 9.67 Å². The van der Waals surface area contributed by atoms with E-state index in [1.807, 2.05) is 0 Å². The SMILES string of the molecule is Cn1cnc(S(=O)(=O)N2CCS(=O)(=O)CC2CC(=O)O)c1. The van der Waals surface area contributed by atoms with Crippen LogP contribution in [0.25, 0.3) is 0 Å². The first-order chi connectivity index (χ1) is 9.62. The number of hydrogen-bond donors (Lipinski definition) is 1. The average Bonchev–Trinajstić information content (AvgIpc) is 2.74. The van der Waals surface area contributed by atoms with Crippen LogP contribution in [0, 0.1) is 0 Å². The molecule has 1 atom stereocenters. The summed E-state index contributed by atoms with van der Waals surface area (Å²) in [6.45, 7) is -0.265. The molecule has 1 aromatic heterocycles. The Morgan fingerprint density at radius 2 is 2.19 bits per heavy atom. The zero-order chi connectivity index (χ0) is 15.8. The predicted molar refractivity (Wildman–Crippen MR) is 71.8 cm³/mol. The van der Waals surface area contributed by atoms with Crippen LogP contribution < -0.4 is 0 Å². The number of nitrogens with zero attached hydrogens (tertiary/aromatic N) is 3. The summed E-state index contributed by atoms with van der Waals surface area (Å²) in [6, 6.07) is -1.12. The Hall–Kier alpha value is -1.46. The van der Waals surface area contributed by atoms with Crippen molar-refractivity contribution >= 4 is 25.8 Å². The van der Waals surface area contributed by atoms with Gasteiger partial charge in [-0.1, -0.05) is 0 Å². The fourth-order valence-electron chi connectivity index (χ4n) is 2.19. The van der Waals surface area contributed by atoms with Gasteiger partial charge in [-0.15, -0.1) is 0 Å². The summed E-state index contributed by atoms with van der Waals surface area (Å²) in [7, 11) is -5.86. The van der Waals surface area contributed by atoms with Crippen molar-refractivity contribution in [2.45, 2.75) is 17.5 Å². The number of carbonyl (C=O) groups is 1. The van der Waals surface area contributed by atoms with Crippen LogP contribution >= 0.6 is 0 Å². The van der Waals surface area contributed by atoms with Gasteiger partial charge in [0.25, 0.3) is 10.0 Å². The molecule has 11 heteroatoms. The molecule has 1 aromatic rings. The number of imidazole rings is 1. The summed E-state index contributed by atoms with van der Waals surface area (Å²) in [5.41, 5.74) is 0. The van der Waals surface area contributed by atoms with E-state index in [9.17, 15) is 21.6 Å². The quantitative estimate of drug-likeness (QED) is 0.722. The molecule has 9 nitrogen and oxygen atoms in total. The van der Waals surface area contributed by atoms with Gasteiger partial charge in [-0.25, -0.2) is 21.8 Å². The zero-order valence-electron chi connectivity index (χ0n) is 11.2. The Morgan fingerprint density at radius 1 is 1.52 bits per heavy atom. The normalized spacial score (nSPS) is 23.0. The smallest absolute Gasteiger partial charge is 0.305 e. The molecule has 1 fully saturated rings. The van der Waals surface area contributed by atoms with E-state index in [2.05, 4.69) is 4.98 Å². The number of sulfonamides is 1. The van der Waals surface area contributed by atoms with Crippen molar-refractivity contribution < 1.29 is 26.7 Å². The largest absolute Gasteiger partial charge is 0.481 e. The zero-order valence-corrected chi connectivity index (χ0v) is 12.8. The lowest BCUT2D eigenvalue weighted by molar-refractivity contribution is -0.137. The number of aromatic nitrogens is 2. The van der Waals surface area contributed by atoms with Crippen LogP contribution in [-0.4, -0.2) is 65.9 Å². The molecule has 2 rings (SSSR count). The molecule has 0 bridgehead atoms. The average molecular weight is 337 g/mol. The third-order valence-electron chi connectivity index (χ3n) is 3.14. The first kappa shape index (κ1) is 15.9. The van der Waals surface area contributed by atoms with E-state index in [4.69, 9.17) is 5.11 Å². The molecular weight excluding hydrogens is 322 g/mol. The molecule has 2 heterocycles. The Morgan fingerprint density at radius 3 is 2.71 bits per heavy atom. The summed E-state index contributed by atoms with van der Waals surface area (Å²) >= 11 is 0. The maximum absolute atomic E-state index is 12.5. The maximum Gasteiger partial charge on any atom is 0.305 e. The minimum Gasteiger partial charge on any atom is -0.481 e. The number of rotatable bonds is 4. The molecule has 1 N–H and O–H groups in total. The molecule has 0 amide bonds. The van der Waals surface area contributed by atoms with Crippen LogP contribution in [0.1, 0.15) is 6.42 Å². The summed E-state index contributed by atoms with van der Waals surface area (Å²) in [5.74, 6) is -2.07. The van der Waals surface area contributed by atoms with Gasteiger partial charge in [0.2, 0.25) is 0 Å². The number of carboxylic acid groups (broad SMARTS) is 1. The highest BCUT2D eigenvalue weighted by atomic mass is 32.2. The summed E-state index contributed by atoms with van der Waals surface area (Å²) in [4.78, 5) is 14.6. The topological polar surface area (TPSA) is 127 Å². The predicted octanol–water partition coefficient (Wildman–Crippen LogP) is -1.32. The Balaban J connectivity index is 2.37. The Labute approximate surface area is 122 Å². The number of aryl methyl sites for hydroxylation is 1. The molecule has 1 aliphatic heterocycles. The van der Waals surface area contributed by atoms with E-state index < -0.39 is 44.0 Å². The molecular formula is C10H15N3O6S2.